The van der Waals surface area contributed by atoms with Crippen LogP contribution in [0.2, 0.25) is 10.0 Å². The molecule has 10 nitrogen and oxygen atoms in total. The fourth-order valence-corrected chi connectivity index (χ4v) is 6.76. The number of ketones is 4. The molecule has 5 rings (SSSR count). The molecule has 40 heavy (non-hydrogen) atoms. The van der Waals surface area contributed by atoms with Gasteiger partial charge in [-0.05, 0) is 49.0 Å². The van der Waals surface area contributed by atoms with Crippen molar-refractivity contribution in [2.75, 3.05) is 14.1 Å². The maximum atomic E-state index is 14.1. The summed E-state index contributed by atoms with van der Waals surface area (Å²) in [6.45, 7) is 0. The smallest absolute Gasteiger partial charge is 0.235 e. The normalized spacial score (nSPS) is 32.6. The zero-order valence-electron chi connectivity index (χ0n) is 21.2. The second kappa shape index (κ2) is 9.60. The molecule has 2 aromatic carbocycles. The van der Waals surface area contributed by atoms with Gasteiger partial charge in [0.05, 0.1) is 39.6 Å². The van der Waals surface area contributed by atoms with Crippen LogP contribution >= 0.6 is 23.2 Å². The fraction of sp³-hybridized carbons (Fsp3) is 0.321. The number of benzene rings is 2. The lowest BCUT2D eigenvalue weighted by Gasteiger charge is -2.55. The third kappa shape index (κ3) is 3.78. The number of likely N-dealkylation sites (N-methyl/N-ethyl adjacent to an activating group) is 1. The Labute approximate surface area is 238 Å². The highest BCUT2D eigenvalue weighted by Gasteiger charge is 2.72. The third-order valence-corrected chi connectivity index (χ3v) is 8.88. The average Bonchev–Trinajstić information content (AvgIpc) is 2.87. The molecule has 0 heterocycles. The van der Waals surface area contributed by atoms with E-state index in [9.17, 15) is 39.3 Å². The van der Waals surface area contributed by atoms with Crippen molar-refractivity contribution in [1.29, 1.82) is 0 Å². The largest absolute Gasteiger partial charge is 0.507 e. The molecule has 0 spiro atoms. The molecule has 7 atom stereocenters. The van der Waals surface area contributed by atoms with Gasteiger partial charge in [0.1, 0.15) is 5.75 Å². The SMILES string of the molecule is CN(C)[C@H]1C(=O)C(C(N)=O)C(=O)[C@]2(O)C(=O)C3C(=O)c4c(O)cccc4C(=Cc4ccc(Cl)c(Cl)c4)[C@@H]3[C@@H](O)[C@H]12. The van der Waals surface area contributed by atoms with Crippen molar-refractivity contribution < 1.29 is 39.3 Å². The van der Waals surface area contributed by atoms with E-state index in [-0.39, 0.29) is 26.7 Å². The van der Waals surface area contributed by atoms with Crippen molar-refractivity contribution in [3.05, 3.63) is 63.1 Å². The van der Waals surface area contributed by atoms with Gasteiger partial charge in [-0.2, -0.15) is 0 Å². The zero-order chi connectivity index (χ0) is 29.4. The third-order valence-electron chi connectivity index (χ3n) is 8.14. The molecule has 2 fully saturated rings. The predicted octanol–water partition coefficient (Wildman–Crippen LogP) is 1.14. The summed E-state index contributed by atoms with van der Waals surface area (Å²) in [5.41, 5.74) is 2.91. The Morgan fingerprint density at radius 3 is 2.33 bits per heavy atom. The number of aliphatic hydroxyl groups excluding tert-OH is 1. The molecule has 3 aliphatic carbocycles. The molecule has 12 heteroatoms. The summed E-state index contributed by atoms with van der Waals surface area (Å²) >= 11 is 12.2. The first-order chi connectivity index (χ1) is 18.7. The van der Waals surface area contributed by atoms with Crippen LogP contribution in [0.25, 0.3) is 11.6 Å². The second-order valence-corrected chi connectivity index (χ2v) is 11.3. The summed E-state index contributed by atoms with van der Waals surface area (Å²) in [4.78, 5) is 68.2. The Hall–Kier alpha value is -3.41. The minimum absolute atomic E-state index is 0.207. The number of phenols is 1. The van der Waals surface area contributed by atoms with E-state index in [2.05, 4.69) is 0 Å². The number of aliphatic hydroxyl groups is 2. The van der Waals surface area contributed by atoms with E-state index in [1.54, 1.807) is 12.1 Å². The molecule has 0 radical (unpaired) electrons. The Morgan fingerprint density at radius 2 is 1.73 bits per heavy atom. The highest BCUT2D eigenvalue weighted by molar-refractivity contribution is 6.42. The monoisotopic (exact) mass is 586 g/mol. The van der Waals surface area contributed by atoms with Crippen LogP contribution in [0.15, 0.2) is 36.4 Å². The van der Waals surface area contributed by atoms with Crippen LogP contribution in [0.1, 0.15) is 21.5 Å². The summed E-state index contributed by atoms with van der Waals surface area (Å²) in [5, 5.41) is 34.7. The van der Waals surface area contributed by atoms with E-state index in [1.807, 2.05) is 0 Å². The Balaban J connectivity index is 1.80. The van der Waals surface area contributed by atoms with Gasteiger partial charge in [0.15, 0.2) is 34.7 Å². The first-order valence-corrected chi connectivity index (χ1v) is 13.0. The molecule has 0 aliphatic heterocycles. The van der Waals surface area contributed by atoms with Crippen molar-refractivity contribution in [3.8, 4) is 5.75 Å². The molecular weight excluding hydrogens is 563 g/mol. The lowest BCUT2D eigenvalue weighted by Crippen LogP contribution is -2.77. The van der Waals surface area contributed by atoms with Gasteiger partial charge in [-0.15, -0.1) is 0 Å². The number of nitrogens with zero attached hydrogens (tertiary/aromatic N) is 1. The summed E-state index contributed by atoms with van der Waals surface area (Å²) in [6, 6.07) is 7.41. The number of carbonyl (C=O) groups excluding carboxylic acids is 5. The molecule has 2 saturated carbocycles. The Kier molecular flexibility index (Phi) is 6.75. The van der Waals surface area contributed by atoms with Crippen molar-refractivity contribution in [2.24, 2.45) is 29.4 Å². The molecule has 5 N–H and O–H groups in total. The van der Waals surface area contributed by atoms with E-state index in [0.717, 1.165) is 0 Å². The highest BCUT2D eigenvalue weighted by atomic mass is 35.5. The molecule has 3 aliphatic rings. The van der Waals surface area contributed by atoms with Gasteiger partial charge in [-0.1, -0.05) is 47.5 Å². The maximum Gasteiger partial charge on any atom is 0.235 e. The number of Topliss-reactive ketones (excluding diaryl/α,β-unsaturated/α-hetero) is 4. The molecule has 1 amide bonds. The summed E-state index contributed by atoms with van der Waals surface area (Å²) in [6.07, 6.45) is -0.260. The Morgan fingerprint density at radius 1 is 1.05 bits per heavy atom. The van der Waals surface area contributed by atoms with Gasteiger partial charge in [-0.25, -0.2) is 0 Å². The van der Waals surface area contributed by atoms with Gasteiger partial charge in [0, 0.05) is 5.92 Å². The van der Waals surface area contributed by atoms with Gasteiger partial charge < -0.3 is 21.1 Å². The maximum absolute atomic E-state index is 14.1. The van der Waals surface area contributed by atoms with Crippen LogP contribution < -0.4 is 5.73 Å². The standard InChI is InChI=1S/C28H24Cl2N2O8/c1-32(2)21-20-23(35)17-12(8-10-6-7-13(29)14(30)9-10)11-4-3-5-15(33)16(11)22(34)18(17)25(37)28(20,40)26(38)19(24(21)36)27(31)39/h3-9,17-21,23,33,35,40H,1-2H3,(H2,31,39)/t17-,18?,19?,20-,21+,23+,28+/m0/s1. The van der Waals surface area contributed by atoms with E-state index < -0.39 is 76.2 Å². The molecule has 0 saturated heterocycles. The van der Waals surface area contributed by atoms with Crippen molar-refractivity contribution >= 4 is 63.9 Å². The number of aromatic hydroxyl groups is 1. The second-order valence-electron chi connectivity index (χ2n) is 10.5. The van der Waals surface area contributed by atoms with Gasteiger partial charge in [-0.3, -0.25) is 28.9 Å². The van der Waals surface area contributed by atoms with Crippen LogP contribution in [0.4, 0.5) is 0 Å². The lowest BCUT2D eigenvalue weighted by atomic mass is 9.50. The van der Waals surface area contributed by atoms with Crippen LogP contribution in [0.3, 0.4) is 0 Å². The topological polar surface area (TPSA) is 175 Å². The van der Waals surface area contributed by atoms with Gasteiger partial charge in [0.25, 0.3) is 0 Å². The number of hydrogen-bond donors (Lipinski definition) is 4. The number of amides is 1. The first-order valence-electron chi connectivity index (χ1n) is 12.2. The number of fused-ring (bicyclic) bond motifs is 3. The van der Waals surface area contributed by atoms with E-state index >= 15 is 0 Å². The van der Waals surface area contributed by atoms with Crippen molar-refractivity contribution in [1.82, 2.24) is 4.90 Å². The quantitative estimate of drug-likeness (QED) is 0.384. The number of nitrogens with two attached hydrogens (primary N) is 1. The van der Waals surface area contributed by atoms with Crippen molar-refractivity contribution in [2.45, 2.75) is 17.7 Å². The van der Waals surface area contributed by atoms with Gasteiger partial charge >= 0.3 is 0 Å². The molecule has 2 aromatic rings. The van der Waals surface area contributed by atoms with Crippen molar-refractivity contribution in [3.63, 3.8) is 0 Å². The van der Waals surface area contributed by atoms with Gasteiger partial charge in [0.2, 0.25) is 5.91 Å². The lowest BCUT2D eigenvalue weighted by molar-refractivity contribution is -0.192. The van der Waals surface area contributed by atoms with E-state index in [0.29, 0.717) is 5.56 Å². The summed E-state index contributed by atoms with van der Waals surface area (Å²) in [5.74, 6) is -13.6. The van der Waals surface area contributed by atoms with Crippen LogP contribution in [-0.2, 0) is 19.2 Å². The van der Waals surface area contributed by atoms with Crippen LogP contribution in [-0.4, -0.2) is 81.1 Å². The highest BCUT2D eigenvalue weighted by Crippen LogP contribution is 2.54. The molecular formula is C28H24Cl2N2O8. The minimum Gasteiger partial charge on any atom is -0.507 e. The fourth-order valence-electron chi connectivity index (χ4n) is 6.45. The summed E-state index contributed by atoms with van der Waals surface area (Å²) < 4.78 is 0. The molecule has 2 unspecified atom stereocenters. The first kappa shape index (κ1) is 28.1. The predicted molar refractivity (Wildman–Crippen MR) is 143 cm³/mol. The minimum atomic E-state index is -3.09. The number of primary amides is 1. The Bertz CT molecular complexity index is 1550. The molecule has 0 aromatic heterocycles. The number of phenolic OH excluding ortho intramolecular Hbond substituents is 1. The van der Waals surface area contributed by atoms with Crippen LogP contribution in [0, 0.1) is 23.7 Å². The van der Waals surface area contributed by atoms with E-state index in [1.165, 1.54) is 49.3 Å². The van der Waals surface area contributed by atoms with E-state index in [4.69, 9.17) is 28.9 Å². The number of rotatable bonds is 3. The zero-order valence-corrected chi connectivity index (χ0v) is 22.7. The molecule has 208 valence electrons. The summed E-state index contributed by atoms with van der Waals surface area (Å²) in [7, 11) is 2.85. The number of hydrogen-bond acceptors (Lipinski definition) is 9. The number of halogens is 2. The van der Waals surface area contributed by atoms with Crippen LogP contribution in [0.5, 0.6) is 5.75 Å². The average molecular weight is 587 g/mol. The molecule has 0 bridgehead atoms. The number of carbonyl (C=O) groups is 5.